The molecule has 0 saturated heterocycles. The molecule has 0 radical (unpaired) electrons. The Morgan fingerprint density at radius 3 is 0.963 bits per heavy atom. The van der Waals surface area contributed by atoms with E-state index < -0.39 is 0 Å². The molecule has 0 nitrogen and oxygen atoms in total. The van der Waals surface area contributed by atoms with Crippen LogP contribution >= 0.6 is 56.7 Å². The average molecular weight is 449 g/mol. The van der Waals surface area contributed by atoms with Crippen molar-refractivity contribution in [3.05, 3.63) is 20.9 Å². The van der Waals surface area contributed by atoms with Crippen LogP contribution in [0.4, 0.5) is 0 Å². The first-order valence-corrected chi connectivity index (χ1v) is 13.4. The molecule has 0 aromatic carbocycles. The molecule has 142 valence electrons. The maximum Gasteiger partial charge on any atom is 0.0651 e. The lowest BCUT2D eigenvalue weighted by Gasteiger charge is -2.17. The van der Waals surface area contributed by atoms with Crippen molar-refractivity contribution in [1.82, 2.24) is 0 Å². The van der Waals surface area contributed by atoms with Gasteiger partial charge in [0.05, 0.1) is 37.6 Å². The topological polar surface area (TPSA) is 0 Å². The second kappa shape index (κ2) is 5.57. The molecule has 5 heterocycles. The van der Waals surface area contributed by atoms with Gasteiger partial charge in [-0.05, 0) is 35.8 Å². The predicted molar refractivity (Wildman–Crippen MR) is 133 cm³/mol. The average Bonchev–Trinajstić information content (AvgIpc) is 3.24. The highest BCUT2D eigenvalue weighted by Gasteiger charge is 2.28. The fourth-order valence-corrected chi connectivity index (χ4v) is 11.8. The molecule has 0 amide bonds. The fraction of sp³-hybridized carbons (Fsp3) is 0.455. The van der Waals surface area contributed by atoms with Crippen molar-refractivity contribution in [2.45, 2.75) is 66.2 Å². The van der Waals surface area contributed by atoms with Crippen molar-refractivity contribution in [2.75, 3.05) is 0 Å². The summed E-state index contributed by atoms with van der Waals surface area (Å²) in [5.41, 5.74) is 3.48. The lowest BCUT2D eigenvalue weighted by Crippen LogP contribution is -2.09. The Morgan fingerprint density at radius 2 is 0.667 bits per heavy atom. The summed E-state index contributed by atoms with van der Waals surface area (Å²) in [7, 11) is 0. The van der Waals surface area contributed by atoms with E-state index in [4.69, 9.17) is 0 Å². The zero-order valence-corrected chi connectivity index (χ0v) is 21.1. The molecule has 0 aliphatic heterocycles. The van der Waals surface area contributed by atoms with Crippen LogP contribution in [0.25, 0.3) is 37.6 Å². The third-order valence-electron chi connectivity index (χ3n) is 5.19. The highest BCUT2D eigenvalue weighted by Crippen LogP contribution is 2.56. The van der Waals surface area contributed by atoms with E-state index in [9.17, 15) is 0 Å². The van der Waals surface area contributed by atoms with Gasteiger partial charge in [-0.15, -0.1) is 56.7 Å². The van der Waals surface area contributed by atoms with Crippen LogP contribution < -0.4 is 0 Å². The molecule has 0 saturated carbocycles. The summed E-state index contributed by atoms with van der Waals surface area (Å²) in [6, 6.07) is 0. The summed E-state index contributed by atoms with van der Waals surface area (Å²) in [5.74, 6) is 0. The highest BCUT2D eigenvalue weighted by atomic mass is 32.1. The molecule has 0 atom stereocenters. The third kappa shape index (κ3) is 2.48. The fourth-order valence-electron chi connectivity index (χ4n) is 4.06. The van der Waals surface area contributed by atoms with Gasteiger partial charge in [0, 0.05) is 9.75 Å². The Kier molecular flexibility index (Phi) is 3.83. The van der Waals surface area contributed by atoms with E-state index in [0.717, 1.165) is 0 Å². The minimum atomic E-state index is 0.230. The molecule has 0 N–H and O–H groups in total. The van der Waals surface area contributed by atoms with Crippen molar-refractivity contribution in [3.8, 4) is 0 Å². The maximum atomic E-state index is 2.34. The standard InChI is InChI=1S/C22H24S5/c1-9-11-13(26-19(9)21(3,4)5)15-17(23-11)18-16(25-15)14-12(24-18)10(2)20(27-14)22(6,7)8/h1-8H3. The number of hydrogen-bond acceptors (Lipinski definition) is 5. The number of thiophene rings is 5. The molecule has 0 fully saturated rings. The maximum absolute atomic E-state index is 2.34. The Labute approximate surface area is 180 Å². The van der Waals surface area contributed by atoms with Crippen molar-refractivity contribution >= 4 is 94.3 Å². The van der Waals surface area contributed by atoms with E-state index in [1.165, 1.54) is 48.7 Å². The second-order valence-corrected chi connectivity index (χ2v) is 14.7. The smallest absolute Gasteiger partial charge is 0.0651 e. The lowest BCUT2D eigenvalue weighted by atomic mass is 9.92. The summed E-state index contributed by atoms with van der Waals surface area (Å²) in [6.45, 7) is 18.7. The van der Waals surface area contributed by atoms with Crippen LogP contribution in [-0.2, 0) is 10.8 Å². The largest absolute Gasteiger partial charge is 0.137 e. The van der Waals surface area contributed by atoms with Crippen LogP contribution in [0.5, 0.6) is 0 Å². The molecular formula is C22H24S5. The predicted octanol–water partition coefficient (Wildman–Crippen LogP) is 9.82. The van der Waals surface area contributed by atoms with Gasteiger partial charge in [-0.2, -0.15) is 0 Å². The van der Waals surface area contributed by atoms with Gasteiger partial charge >= 0.3 is 0 Å². The molecule has 5 heteroatoms. The summed E-state index contributed by atoms with van der Waals surface area (Å²) in [5, 5.41) is 0. The van der Waals surface area contributed by atoms with Crippen LogP contribution in [0.2, 0.25) is 0 Å². The summed E-state index contributed by atoms with van der Waals surface area (Å²) in [4.78, 5) is 3.10. The van der Waals surface area contributed by atoms with E-state index in [-0.39, 0.29) is 10.8 Å². The van der Waals surface area contributed by atoms with Crippen LogP contribution in [0.1, 0.15) is 62.4 Å². The van der Waals surface area contributed by atoms with Gasteiger partial charge in [-0.25, -0.2) is 0 Å². The molecule has 0 spiro atoms. The highest BCUT2D eigenvalue weighted by molar-refractivity contribution is 7.48. The van der Waals surface area contributed by atoms with Crippen molar-refractivity contribution in [3.63, 3.8) is 0 Å². The van der Waals surface area contributed by atoms with E-state index in [0.29, 0.717) is 0 Å². The van der Waals surface area contributed by atoms with Gasteiger partial charge in [-0.1, -0.05) is 41.5 Å². The quantitative estimate of drug-likeness (QED) is 0.221. The number of hydrogen-bond donors (Lipinski definition) is 0. The van der Waals surface area contributed by atoms with Gasteiger partial charge in [0.2, 0.25) is 0 Å². The van der Waals surface area contributed by atoms with Crippen LogP contribution in [0.3, 0.4) is 0 Å². The monoisotopic (exact) mass is 448 g/mol. The van der Waals surface area contributed by atoms with Gasteiger partial charge < -0.3 is 0 Å². The first-order valence-electron chi connectivity index (χ1n) is 9.29. The third-order valence-corrected chi connectivity index (χ3v) is 13.4. The van der Waals surface area contributed by atoms with Crippen LogP contribution in [0, 0.1) is 13.8 Å². The molecule has 0 unspecified atom stereocenters. The van der Waals surface area contributed by atoms with Crippen LogP contribution in [-0.4, -0.2) is 0 Å². The Bertz CT molecular complexity index is 1240. The Morgan fingerprint density at radius 1 is 0.407 bits per heavy atom. The molecule has 5 aromatic heterocycles. The van der Waals surface area contributed by atoms with Gasteiger partial charge in [0.15, 0.2) is 0 Å². The van der Waals surface area contributed by atoms with Crippen molar-refractivity contribution in [1.29, 1.82) is 0 Å². The van der Waals surface area contributed by atoms with E-state index in [1.807, 2.05) is 56.7 Å². The number of aryl methyl sites for hydroxylation is 2. The lowest BCUT2D eigenvalue weighted by molar-refractivity contribution is 0.600. The molecule has 0 aliphatic rings. The number of fused-ring (bicyclic) bond motifs is 7. The minimum absolute atomic E-state index is 0.230. The van der Waals surface area contributed by atoms with Crippen molar-refractivity contribution < 1.29 is 0 Å². The number of rotatable bonds is 0. The normalized spacial score (nSPS) is 13.9. The summed E-state index contributed by atoms with van der Waals surface area (Å²) < 4.78 is 12.2. The molecule has 0 aliphatic carbocycles. The Hall–Kier alpha value is -0.460. The van der Waals surface area contributed by atoms with Gasteiger partial charge in [0.1, 0.15) is 0 Å². The molecule has 27 heavy (non-hydrogen) atoms. The molecule has 0 bridgehead atoms. The molecular weight excluding hydrogens is 425 g/mol. The van der Waals surface area contributed by atoms with E-state index in [1.54, 1.807) is 9.75 Å². The van der Waals surface area contributed by atoms with E-state index in [2.05, 4.69) is 55.4 Å². The summed E-state index contributed by atoms with van der Waals surface area (Å²) >= 11 is 10.2. The van der Waals surface area contributed by atoms with E-state index >= 15 is 0 Å². The zero-order valence-electron chi connectivity index (χ0n) is 17.0. The van der Waals surface area contributed by atoms with Gasteiger partial charge in [-0.3, -0.25) is 0 Å². The minimum Gasteiger partial charge on any atom is -0.137 e. The molecule has 5 rings (SSSR count). The second-order valence-electron chi connectivity index (χ2n) is 9.55. The van der Waals surface area contributed by atoms with Crippen molar-refractivity contribution in [2.24, 2.45) is 0 Å². The Balaban J connectivity index is 1.85. The zero-order chi connectivity index (χ0) is 19.5. The molecule has 5 aromatic rings. The van der Waals surface area contributed by atoms with Crippen LogP contribution in [0.15, 0.2) is 0 Å². The first kappa shape index (κ1) is 18.6. The first-order chi connectivity index (χ1) is 12.5. The summed E-state index contributed by atoms with van der Waals surface area (Å²) in [6.07, 6.45) is 0. The SMILES string of the molecule is Cc1c(C(C)(C)C)sc2c1sc1c2sc2c3sc(C(C)(C)C)c(C)c3sc21. The van der Waals surface area contributed by atoms with Gasteiger partial charge in [0.25, 0.3) is 0 Å².